The van der Waals surface area contributed by atoms with E-state index in [4.69, 9.17) is 0 Å². The molecule has 0 spiro atoms. The maximum absolute atomic E-state index is 2.53. The number of benzene rings is 11. The topological polar surface area (TPSA) is 3.24 Å². The summed E-state index contributed by atoms with van der Waals surface area (Å²) in [7, 11) is 0. The second kappa shape index (κ2) is 16.9. The third-order valence-corrected chi connectivity index (χ3v) is 15.4. The van der Waals surface area contributed by atoms with E-state index in [-0.39, 0.29) is 0 Å². The minimum atomic E-state index is -0.504. The Morgan fingerprint density at radius 2 is 0.739 bits per heavy atom. The highest BCUT2D eigenvalue weighted by atomic mass is 32.1. The van der Waals surface area contributed by atoms with E-state index >= 15 is 0 Å². The van der Waals surface area contributed by atoms with Gasteiger partial charge in [0.05, 0.1) is 16.8 Å². The average Bonchev–Trinajstić information content (AvgIpc) is 3.96. The molecule has 0 atom stereocenters. The van der Waals surface area contributed by atoms with Crippen LogP contribution in [0.3, 0.4) is 0 Å². The molecule has 0 N–H and O–H groups in total. The Hall–Kier alpha value is -8.56. The van der Waals surface area contributed by atoms with Crippen molar-refractivity contribution in [3.63, 3.8) is 0 Å². The van der Waals surface area contributed by atoms with E-state index in [2.05, 4.69) is 278 Å². The summed E-state index contributed by atoms with van der Waals surface area (Å²) in [5, 5.41) is 2.58. The normalized spacial score (nSPS) is 12.5. The first kappa shape index (κ1) is 40.7. The molecule has 0 bridgehead atoms. The monoisotopic (exact) mass is 895 g/mol. The maximum Gasteiger partial charge on any atom is 0.0713 e. The van der Waals surface area contributed by atoms with Crippen molar-refractivity contribution in [2.45, 2.75) is 5.41 Å². The van der Waals surface area contributed by atoms with Gasteiger partial charge in [-0.3, -0.25) is 0 Å². The van der Waals surface area contributed by atoms with Crippen molar-refractivity contribution in [1.29, 1.82) is 0 Å². The van der Waals surface area contributed by atoms with E-state index in [1.54, 1.807) is 0 Å². The van der Waals surface area contributed by atoms with Gasteiger partial charge < -0.3 is 4.90 Å². The van der Waals surface area contributed by atoms with Gasteiger partial charge in [0.15, 0.2) is 0 Å². The summed E-state index contributed by atoms with van der Waals surface area (Å²) < 4.78 is 2.59. The second-order valence-corrected chi connectivity index (χ2v) is 18.9. The number of para-hydroxylation sites is 2. The number of hydrogen-bond acceptors (Lipinski definition) is 2. The molecule has 0 unspecified atom stereocenters. The Morgan fingerprint density at radius 3 is 1.41 bits per heavy atom. The zero-order chi connectivity index (χ0) is 45.7. The first-order valence-corrected chi connectivity index (χ1v) is 24.6. The highest BCUT2D eigenvalue weighted by Crippen LogP contribution is 2.58. The van der Waals surface area contributed by atoms with Gasteiger partial charge in [0.25, 0.3) is 0 Å². The Kier molecular flexibility index (Phi) is 10.00. The number of anilines is 3. The number of fused-ring (bicyclic) bond motifs is 6. The van der Waals surface area contributed by atoms with Gasteiger partial charge in [0, 0.05) is 42.6 Å². The lowest BCUT2D eigenvalue weighted by atomic mass is 9.68. The maximum atomic E-state index is 2.53. The van der Waals surface area contributed by atoms with Crippen molar-refractivity contribution >= 4 is 48.6 Å². The molecule has 324 valence electrons. The molecule has 1 aliphatic rings. The number of rotatable bonds is 9. The van der Waals surface area contributed by atoms with Crippen LogP contribution in [0.1, 0.15) is 22.3 Å². The third kappa shape index (κ3) is 6.60. The standard InChI is InChI=1S/C67H45NS/c1-4-23-46(24-5-1)50-29-10-11-30-51(50)52-31-12-13-32-53(52)55-34-15-19-40-63(55)68(64-41-20-16-35-56(64)58-37-22-38-59-57-36-17-21-42-65(57)69-66(58)59)49-43-44-62-60(45-49)54-33-14-18-39-61(54)67(62,47-25-6-2-7-26-47)48-27-8-3-9-28-48/h1-45H. The van der Waals surface area contributed by atoms with E-state index in [0.29, 0.717) is 0 Å². The molecule has 0 aliphatic heterocycles. The Labute approximate surface area is 407 Å². The molecule has 0 fully saturated rings. The van der Waals surface area contributed by atoms with Crippen molar-refractivity contribution in [2.24, 2.45) is 0 Å². The Bertz CT molecular complexity index is 3810. The fourth-order valence-corrected chi connectivity index (χ4v) is 12.5. The molecule has 0 saturated carbocycles. The lowest BCUT2D eigenvalue weighted by Crippen LogP contribution is -2.28. The summed E-state index contributed by atoms with van der Waals surface area (Å²) >= 11 is 1.88. The van der Waals surface area contributed by atoms with Crippen LogP contribution in [0.4, 0.5) is 17.1 Å². The predicted molar refractivity (Wildman–Crippen MR) is 293 cm³/mol. The smallest absolute Gasteiger partial charge is 0.0713 e. The molecule has 0 saturated heterocycles. The lowest BCUT2D eigenvalue weighted by Gasteiger charge is -2.34. The van der Waals surface area contributed by atoms with Gasteiger partial charge in [-0.2, -0.15) is 0 Å². The quantitative estimate of drug-likeness (QED) is 0.140. The fraction of sp³-hybridized carbons (Fsp3) is 0.0149. The van der Waals surface area contributed by atoms with E-state index in [0.717, 1.165) is 22.6 Å². The second-order valence-electron chi connectivity index (χ2n) is 17.9. The van der Waals surface area contributed by atoms with E-state index in [1.807, 2.05) is 11.3 Å². The van der Waals surface area contributed by atoms with Crippen molar-refractivity contribution in [1.82, 2.24) is 0 Å². The summed E-state index contributed by atoms with van der Waals surface area (Å²) in [5.74, 6) is 0. The van der Waals surface area contributed by atoms with Crippen molar-refractivity contribution in [3.05, 3.63) is 295 Å². The Morgan fingerprint density at radius 1 is 0.290 bits per heavy atom. The zero-order valence-electron chi connectivity index (χ0n) is 37.8. The van der Waals surface area contributed by atoms with Crippen LogP contribution >= 0.6 is 11.3 Å². The Balaban J connectivity index is 1.08. The van der Waals surface area contributed by atoms with Crippen LogP contribution in [-0.4, -0.2) is 0 Å². The molecular weight excluding hydrogens is 851 g/mol. The van der Waals surface area contributed by atoms with E-state index in [9.17, 15) is 0 Å². The van der Waals surface area contributed by atoms with Crippen LogP contribution in [0, 0.1) is 0 Å². The van der Waals surface area contributed by atoms with Gasteiger partial charge in [-0.05, 0) is 91.5 Å². The highest BCUT2D eigenvalue weighted by molar-refractivity contribution is 7.26. The summed E-state index contributed by atoms with van der Waals surface area (Å²) in [5.41, 5.74) is 19.9. The summed E-state index contributed by atoms with van der Waals surface area (Å²) in [6, 6.07) is 101. The molecule has 1 aromatic heterocycles. The first-order valence-electron chi connectivity index (χ1n) is 23.8. The molecule has 13 rings (SSSR count). The summed E-state index contributed by atoms with van der Waals surface area (Å²) in [4.78, 5) is 2.53. The predicted octanol–water partition coefficient (Wildman–Crippen LogP) is 18.6. The van der Waals surface area contributed by atoms with Crippen molar-refractivity contribution in [2.75, 3.05) is 4.90 Å². The molecule has 69 heavy (non-hydrogen) atoms. The zero-order valence-corrected chi connectivity index (χ0v) is 38.7. The molecule has 11 aromatic carbocycles. The van der Waals surface area contributed by atoms with Crippen LogP contribution in [0.25, 0.3) is 75.8 Å². The minimum Gasteiger partial charge on any atom is -0.309 e. The first-order chi connectivity index (χ1) is 34.3. The van der Waals surface area contributed by atoms with Gasteiger partial charge in [-0.15, -0.1) is 11.3 Å². The van der Waals surface area contributed by atoms with Gasteiger partial charge in [0.1, 0.15) is 0 Å². The van der Waals surface area contributed by atoms with Crippen molar-refractivity contribution in [3.8, 4) is 55.6 Å². The number of nitrogens with zero attached hydrogens (tertiary/aromatic N) is 1. The summed E-state index contributed by atoms with van der Waals surface area (Å²) in [6.07, 6.45) is 0. The van der Waals surface area contributed by atoms with Crippen LogP contribution in [0.5, 0.6) is 0 Å². The van der Waals surface area contributed by atoms with Crippen LogP contribution < -0.4 is 4.90 Å². The van der Waals surface area contributed by atoms with Gasteiger partial charge in [-0.25, -0.2) is 0 Å². The minimum absolute atomic E-state index is 0.504. The van der Waals surface area contributed by atoms with Gasteiger partial charge in [0.2, 0.25) is 0 Å². The van der Waals surface area contributed by atoms with E-state index < -0.39 is 5.41 Å². The fourth-order valence-electron chi connectivity index (χ4n) is 11.3. The third-order valence-electron chi connectivity index (χ3n) is 14.2. The molecule has 0 radical (unpaired) electrons. The van der Waals surface area contributed by atoms with E-state index in [1.165, 1.54) is 92.5 Å². The highest BCUT2D eigenvalue weighted by Gasteiger charge is 2.46. The van der Waals surface area contributed by atoms with Gasteiger partial charge >= 0.3 is 0 Å². The molecule has 1 heterocycles. The van der Waals surface area contributed by atoms with Crippen LogP contribution in [0.15, 0.2) is 273 Å². The SMILES string of the molecule is c1ccc(-c2ccccc2-c2ccccc2-c2ccccc2N(c2ccc3c(c2)-c2ccccc2C3(c2ccccc2)c2ccccc2)c2ccccc2-c2cccc3c2sc2ccccc23)cc1. The lowest BCUT2D eigenvalue weighted by molar-refractivity contribution is 0.768. The number of thiophene rings is 1. The molecule has 2 heteroatoms. The van der Waals surface area contributed by atoms with Gasteiger partial charge in [-0.1, -0.05) is 243 Å². The van der Waals surface area contributed by atoms with Crippen molar-refractivity contribution < 1.29 is 0 Å². The molecule has 0 amide bonds. The average molecular weight is 896 g/mol. The molecule has 1 aliphatic carbocycles. The molecule has 12 aromatic rings. The summed E-state index contributed by atoms with van der Waals surface area (Å²) in [6.45, 7) is 0. The number of hydrogen-bond donors (Lipinski definition) is 0. The van der Waals surface area contributed by atoms with Crippen LogP contribution in [-0.2, 0) is 5.41 Å². The van der Waals surface area contributed by atoms with Crippen LogP contribution in [0.2, 0.25) is 0 Å². The molecule has 1 nitrogen and oxygen atoms in total. The molecular formula is C67H45NS. The largest absolute Gasteiger partial charge is 0.309 e.